The van der Waals surface area contributed by atoms with Gasteiger partial charge in [0.05, 0.1) is 13.2 Å². The third-order valence-electron chi connectivity index (χ3n) is 4.59. The number of aliphatic imine (C=N–C) groups is 1. The predicted molar refractivity (Wildman–Crippen MR) is 85.9 cm³/mol. The molecule has 0 aromatic carbocycles. The van der Waals surface area contributed by atoms with Crippen molar-refractivity contribution in [3.63, 3.8) is 0 Å². The van der Waals surface area contributed by atoms with Crippen LogP contribution in [0, 0.1) is 16.0 Å². The van der Waals surface area contributed by atoms with Gasteiger partial charge in [-0.05, 0) is 22.7 Å². The summed E-state index contributed by atoms with van der Waals surface area (Å²) in [5, 5.41) is 11.2. The van der Waals surface area contributed by atoms with Crippen molar-refractivity contribution < 1.29 is 9.66 Å². The molecule has 0 N–H and O–H groups in total. The summed E-state index contributed by atoms with van der Waals surface area (Å²) in [6.45, 7) is 2.94. The highest BCUT2D eigenvalue weighted by atomic mass is 16.6. The van der Waals surface area contributed by atoms with Gasteiger partial charge in [-0.3, -0.25) is 4.57 Å². The molecule has 1 saturated heterocycles. The quantitative estimate of drug-likeness (QED) is 0.369. The molecule has 0 spiro atoms. The van der Waals surface area contributed by atoms with Crippen LogP contribution in [0.25, 0.3) is 0 Å². The van der Waals surface area contributed by atoms with Crippen LogP contribution in [0.4, 0.5) is 11.6 Å². The zero-order valence-corrected chi connectivity index (χ0v) is 13.5. The minimum atomic E-state index is -0.462. The van der Waals surface area contributed by atoms with Gasteiger partial charge in [-0.25, -0.2) is 4.99 Å². The molecule has 8 nitrogen and oxygen atoms in total. The topological polar surface area (TPSA) is 85.8 Å². The zero-order chi connectivity index (χ0) is 16.2. The molecule has 23 heavy (non-hydrogen) atoms. The summed E-state index contributed by atoms with van der Waals surface area (Å²) in [5.74, 6) is 1.51. The number of hydrogen-bond acceptors (Lipinski definition) is 5. The van der Waals surface area contributed by atoms with E-state index in [9.17, 15) is 10.1 Å². The minimum Gasteiger partial charge on any atom is -0.378 e. The van der Waals surface area contributed by atoms with Gasteiger partial charge in [0, 0.05) is 26.1 Å². The lowest BCUT2D eigenvalue weighted by Crippen LogP contribution is -2.44. The minimum absolute atomic E-state index is 0.172. The van der Waals surface area contributed by atoms with Crippen molar-refractivity contribution in [2.75, 3.05) is 26.3 Å². The largest absolute Gasteiger partial charge is 0.408 e. The maximum Gasteiger partial charge on any atom is 0.408 e. The van der Waals surface area contributed by atoms with E-state index in [1.807, 2.05) is 0 Å². The molecule has 0 radical (unpaired) electrons. The summed E-state index contributed by atoms with van der Waals surface area (Å²) in [5.41, 5.74) is 0. The van der Waals surface area contributed by atoms with Crippen LogP contribution in [-0.2, 0) is 11.8 Å². The highest BCUT2D eigenvalue weighted by molar-refractivity contribution is 5.87. The van der Waals surface area contributed by atoms with Gasteiger partial charge in [-0.15, -0.1) is 0 Å². The van der Waals surface area contributed by atoms with Gasteiger partial charge in [-0.2, -0.15) is 0 Å². The van der Waals surface area contributed by atoms with Crippen LogP contribution in [0.1, 0.15) is 32.1 Å². The molecule has 0 amide bonds. The van der Waals surface area contributed by atoms with Crippen LogP contribution in [0.5, 0.6) is 0 Å². The molecular formula is C15H23N5O3. The van der Waals surface area contributed by atoms with Crippen LogP contribution < -0.4 is 0 Å². The van der Waals surface area contributed by atoms with E-state index in [1.165, 1.54) is 25.6 Å². The molecule has 8 heteroatoms. The summed E-state index contributed by atoms with van der Waals surface area (Å²) in [6.07, 6.45) is 7.31. The lowest BCUT2D eigenvalue weighted by atomic mass is 9.87. The van der Waals surface area contributed by atoms with Crippen molar-refractivity contribution in [3.8, 4) is 0 Å². The van der Waals surface area contributed by atoms with Gasteiger partial charge < -0.3 is 19.8 Å². The Morgan fingerprint density at radius 2 is 2.04 bits per heavy atom. The van der Waals surface area contributed by atoms with Crippen molar-refractivity contribution >= 4 is 17.5 Å². The number of hydrogen-bond donors (Lipinski definition) is 0. The second-order valence-electron chi connectivity index (χ2n) is 6.16. The molecule has 126 valence electrons. The summed E-state index contributed by atoms with van der Waals surface area (Å²) in [7, 11) is 1.75. The lowest BCUT2D eigenvalue weighted by Gasteiger charge is -2.35. The van der Waals surface area contributed by atoms with Gasteiger partial charge in [0.15, 0.2) is 0 Å². The molecule has 2 fully saturated rings. The van der Waals surface area contributed by atoms with Gasteiger partial charge in [-0.1, -0.05) is 19.3 Å². The van der Waals surface area contributed by atoms with E-state index in [0.717, 1.165) is 31.8 Å². The van der Waals surface area contributed by atoms with Crippen molar-refractivity contribution in [2.24, 2.45) is 18.0 Å². The van der Waals surface area contributed by atoms with Gasteiger partial charge >= 0.3 is 5.82 Å². The lowest BCUT2D eigenvalue weighted by molar-refractivity contribution is -0.388. The molecule has 1 saturated carbocycles. The first-order chi connectivity index (χ1) is 11.2. The number of morpholine rings is 1. The first-order valence-electron chi connectivity index (χ1n) is 8.24. The Bertz CT molecular complexity index is 566. The number of nitro groups is 1. The maximum absolute atomic E-state index is 11.2. The van der Waals surface area contributed by atoms with E-state index in [4.69, 9.17) is 9.73 Å². The normalized spacial score (nSPS) is 20.7. The summed E-state index contributed by atoms with van der Waals surface area (Å²) in [6, 6.07) is 0. The Morgan fingerprint density at radius 3 is 2.70 bits per heavy atom. The second-order valence-corrected chi connectivity index (χ2v) is 6.16. The number of amidine groups is 1. The Kier molecular flexibility index (Phi) is 4.90. The summed E-state index contributed by atoms with van der Waals surface area (Å²) >= 11 is 0. The third kappa shape index (κ3) is 3.52. The fourth-order valence-electron chi connectivity index (χ4n) is 3.35. The molecule has 0 atom stereocenters. The van der Waals surface area contributed by atoms with Crippen LogP contribution in [0.15, 0.2) is 11.3 Å². The number of ether oxygens (including phenoxy) is 1. The summed E-state index contributed by atoms with van der Waals surface area (Å²) < 4.78 is 7.06. The predicted octanol–water partition coefficient (Wildman–Crippen LogP) is 2.27. The number of rotatable bonds is 3. The molecule has 0 bridgehead atoms. The van der Waals surface area contributed by atoms with Crippen molar-refractivity contribution in [1.82, 2.24) is 14.5 Å². The smallest absolute Gasteiger partial charge is 0.378 e. The molecule has 1 aliphatic heterocycles. The molecule has 1 aromatic heterocycles. The van der Waals surface area contributed by atoms with E-state index >= 15 is 0 Å². The average Bonchev–Trinajstić information content (AvgIpc) is 2.95. The highest BCUT2D eigenvalue weighted by Crippen LogP contribution is 2.31. The molecule has 2 aliphatic rings. The number of aryl methyl sites for hydroxylation is 1. The van der Waals surface area contributed by atoms with Crippen LogP contribution >= 0.6 is 0 Å². The van der Waals surface area contributed by atoms with E-state index < -0.39 is 4.92 Å². The van der Waals surface area contributed by atoms with E-state index in [2.05, 4.69) is 9.88 Å². The number of aromatic nitrogens is 2. The Morgan fingerprint density at radius 1 is 1.35 bits per heavy atom. The number of imidazole rings is 1. The van der Waals surface area contributed by atoms with Gasteiger partial charge in [0.25, 0.3) is 0 Å². The molecule has 1 aliphatic carbocycles. The SMILES string of the molecule is Cn1cnc([N+](=O)[O-])c1/N=C(\C1CCCCC1)N1CCOCC1. The fraction of sp³-hybridized carbons (Fsp3) is 0.733. The molecule has 1 aromatic rings. The molecule has 3 rings (SSSR count). The number of nitrogens with zero attached hydrogens (tertiary/aromatic N) is 5. The maximum atomic E-state index is 11.2. The van der Waals surface area contributed by atoms with Crippen LogP contribution in [0.3, 0.4) is 0 Å². The molecule has 0 unspecified atom stereocenters. The first-order valence-corrected chi connectivity index (χ1v) is 8.24. The van der Waals surface area contributed by atoms with Gasteiger partial charge in [0.2, 0.25) is 12.1 Å². The second kappa shape index (κ2) is 7.08. The average molecular weight is 321 g/mol. The monoisotopic (exact) mass is 321 g/mol. The van der Waals surface area contributed by atoms with Crippen LogP contribution in [-0.4, -0.2) is 51.5 Å². The Hall–Kier alpha value is -1.96. The standard InChI is InChI=1S/C15H23N5O3/c1-18-11-16-14(20(21)22)15(18)17-13(12-5-3-2-4-6-12)19-7-9-23-10-8-19/h11-12H,2-10H2,1H3/b17-13+. The van der Waals surface area contributed by atoms with Crippen molar-refractivity contribution in [1.29, 1.82) is 0 Å². The van der Waals surface area contributed by atoms with Crippen molar-refractivity contribution in [3.05, 3.63) is 16.4 Å². The van der Waals surface area contributed by atoms with E-state index in [1.54, 1.807) is 11.6 Å². The van der Waals surface area contributed by atoms with Crippen LogP contribution in [0.2, 0.25) is 0 Å². The molecular weight excluding hydrogens is 298 g/mol. The summed E-state index contributed by atoms with van der Waals surface area (Å²) in [4.78, 5) is 21.6. The zero-order valence-electron chi connectivity index (χ0n) is 13.5. The Labute approximate surface area is 135 Å². The first kappa shape index (κ1) is 15.9. The van der Waals surface area contributed by atoms with E-state index in [-0.39, 0.29) is 5.82 Å². The fourth-order valence-corrected chi connectivity index (χ4v) is 3.35. The third-order valence-corrected chi connectivity index (χ3v) is 4.59. The van der Waals surface area contributed by atoms with Gasteiger partial charge in [0.1, 0.15) is 5.84 Å². The molecule has 2 heterocycles. The van der Waals surface area contributed by atoms with E-state index in [0.29, 0.717) is 24.9 Å². The van der Waals surface area contributed by atoms with Crippen molar-refractivity contribution in [2.45, 2.75) is 32.1 Å². The Balaban J connectivity index is 1.96. The highest BCUT2D eigenvalue weighted by Gasteiger charge is 2.28.